The Balaban J connectivity index is 1.85. The SMILES string of the molecule is NCCCC[C@H](NC(=O)NC1=COC=C(C2=CC=CCC2)O1)C(=O)O. The Morgan fingerprint density at radius 2 is 2.16 bits per heavy atom. The van der Waals surface area contributed by atoms with E-state index in [1.807, 2.05) is 18.2 Å². The molecule has 5 N–H and O–H groups in total. The number of nitrogens with two attached hydrogens (primary N) is 1. The maximum atomic E-state index is 12.0. The van der Waals surface area contributed by atoms with E-state index in [0.717, 1.165) is 18.4 Å². The number of rotatable bonds is 8. The van der Waals surface area contributed by atoms with Crippen LogP contribution in [0.1, 0.15) is 32.1 Å². The minimum atomic E-state index is -1.10. The summed E-state index contributed by atoms with van der Waals surface area (Å²) in [5.41, 5.74) is 6.35. The summed E-state index contributed by atoms with van der Waals surface area (Å²) in [5, 5.41) is 14.0. The zero-order valence-corrected chi connectivity index (χ0v) is 13.9. The number of carbonyl (C=O) groups is 2. The topological polar surface area (TPSA) is 123 Å². The Morgan fingerprint density at radius 3 is 2.84 bits per heavy atom. The molecule has 0 aromatic heterocycles. The molecule has 136 valence electrons. The maximum Gasteiger partial charge on any atom is 0.326 e. The van der Waals surface area contributed by atoms with Crippen LogP contribution in [0.2, 0.25) is 0 Å². The van der Waals surface area contributed by atoms with Crippen LogP contribution in [-0.2, 0) is 14.3 Å². The molecule has 0 saturated heterocycles. The van der Waals surface area contributed by atoms with Gasteiger partial charge in [-0.25, -0.2) is 9.59 Å². The van der Waals surface area contributed by atoms with Crippen molar-refractivity contribution < 1.29 is 24.2 Å². The fraction of sp³-hybridized carbons (Fsp3) is 0.412. The number of urea groups is 1. The first kappa shape index (κ1) is 18.6. The molecule has 2 amide bonds. The van der Waals surface area contributed by atoms with E-state index in [-0.39, 0.29) is 5.88 Å². The van der Waals surface area contributed by atoms with Crippen LogP contribution in [0.3, 0.4) is 0 Å². The van der Waals surface area contributed by atoms with E-state index in [0.29, 0.717) is 31.6 Å². The summed E-state index contributed by atoms with van der Waals surface area (Å²) in [7, 11) is 0. The van der Waals surface area contributed by atoms with Crippen LogP contribution in [0.4, 0.5) is 4.79 Å². The van der Waals surface area contributed by atoms with Crippen LogP contribution in [0.15, 0.2) is 48.0 Å². The molecule has 8 heteroatoms. The van der Waals surface area contributed by atoms with Gasteiger partial charge in [-0.2, -0.15) is 0 Å². The van der Waals surface area contributed by atoms with Crippen LogP contribution in [0.5, 0.6) is 0 Å². The van der Waals surface area contributed by atoms with Gasteiger partial charge >= 0.3 is 12.0 Å². The molecule has 0 aromatic carbocycles. The van der Waals surface area contributed by atoms with Crippen molar-refractivity contribution in [3.8, 4) is 0 Å². The largest absolute Gasteiger partial charge is 0.480 e. The molecule has 0 radical (unpaired) electrons. The van der Waals surface area contributed by atoms with Crippen molar-refractivity contribution in [1.29, 1.82) is 0 Å². The number of carboxylic acids is 1. The number of ether oxygens (including phenoxy) is 2. The standard InChI is InChI=1S/C17H23N3O5/c18-9-5-4-8-13(16(21)22)19-17(23)20-15-11-24-10-14(25-15)12-6-2-1-3-7-12/h1-2,6,10-11,13H,3-5,7-9,18H2,(H,21,22)(H2,19,20,23)/t13-/m0/s1. The average Bonchev–Trinajstić information content (AvgIpc) is 2.62. The van der Waals surface area contributed by atoms with Crippen molar-refractivity contribution in [3.63, 3.8) is 0 Å². The Labute approximate surface area is 146 Å². The summed E-state index contributed by atoms with van der Waals surface area (Å²) >= 11 is 0. The van der Waals surface area contributed by atoms with Crippen LogP contribution >= 0.6 is 0 Å². The monoisotopic (exact) mass is 349 g/mol. The average molecular weight is 349 g/mol. The number of hydrogen-bond donors (Lipinski definition) is 4. The fourth-order valence-corrected chi connectivity index (χ4v) is 2.38. The van der Waals surface area contributed by atoms with Crippen molar-refractivity contribution >= 4 is 12.0 Å². The van der Waals surface area contributed by atoms with Gasteiger partial charge in [0.2, 0.25) is 5.88 Å². The highest BCUT2D eigenvalue weighted by molar-refractivity contribution is 5.83. The lowest BCUT2D eigenvalue weighted by molar-refractivity contribution is -0.139. The highest BCUT2D eigenvalue weighted by Gasteiger charge is 2.21. The molecule has 25 heavy (non-hydrogen) atoms. The third kappa shape index (κ3) is 6.00. The summed E-state index contributed by atoms with van der Waals surface area (Å²) in [6.07, 6.45) is 11.9. The minimum Gasteiger partial charge on any atom is -0.480 e. The lowest BCUT2D eigenvalue weighted by Gasteiger charge is -2.21. The van der Waals surface area contributed by atoms with Crippen LogP contribution in [-0.4, -0.2) is 29.7 Å². The molecule has 1 aliphatic carbocycles. The van der Waals surface area contributed by atoms with Crippen LogP contribution in [0.25, 0.3) is 0 Å². The van der Waals surface area contributed by atoms with E-state index in [2.05, 4.69) is 10.6 Å². The predicted molar refractivity (Wildman–Crippen MR) is 90.8 cm³/mol. The first-order valence-corrected chi connectivity index (χ1v) is 8.20. The second-order valence-corrected chi connectivity index (χ2v) is 5.63. The molecule has 0 spiro atoms. The lowest BCUT2D eigenvalue weighted by Crippen LogP contribution is -2.46. The van der Waals surface area contributed by atoms with Crippen LogP contribution in [0, 0.1) is 0 Å². The van der Waals surface area contributed by atoms with E-state index in [1.165, 1.54) is 12.5 Å². The van der Waals surface area contributed by atoms with E-state index in [1.54, 1.807) is 0 Å². The van der Waals surface area contributed by atoms with E-state index in [9.17, 15) is 14.7 Å². The van der Waals surface area contributed by atoms with E-state index >= 15 is 0 Å². The second-order valence-electron chi connectivity index (χ2n) is 5.63. The first-order chi connectivity index (χ1) is 12.1. The summed E-state index contributed by atoms with van der Waals surface area (Å²) in [4.78, 5) is 23.2. The van der Waals surface area contributed by atoms with Gasteiger partial charge in [0.25, 0.3) is 0 Å². The fourth-order valence-electron chi connectivity index (χ4n) is 2.38. The molecule has 1 heterocycles. The molecule has 1 atom stereocenters. The summed E-state index contributed by atoms with van der Waals surface area (Å²) in [6.45, 7) is 0.483. The van der Waals surface area contributed by atoms with Crippen molar-refractivity contribution in [2.24, 2.45) is 5.73 Å². The number of carboxylic acid groups (broad SMARTS) is 1. The van der Waals surface area contributed by atoms with Gasteiger partial charge in [0.1, 0.15) is 12.3 Å². The van der Waals surface area contributed by atoms with Gasteiger partial charge in [-0.3, -0.25) is 5.32 Å². The van der Waals surface area contributed by atoms with Crippen molar-refractivity contribution in [3.05, 3.63) is 48.0 Å². The van der Waals surface area contributed by atoms with Gasteiger partial charge in [-0.05, 0) is 44.2 Å². The number of carbonyl (C=O) groups excluding carboxylic acids is 1. The first-order valence-electron chi connectivity index (χ1n) is 8.20. The van der Waals surface area contributed by atoms with E-state index < -0.39 is 18.0 Å². The molecule has 0 unspecified atom stereocenters. The Bertz CT molecular complexity index is 622. The molecular formula is C17H23N3O5. The second kappa shape index (κ2) is 9.53. The number of unbranched alkanes of at least 4 members (excludes halogenated alkanes) is 1. The molecule has 1 aliphatic heterocycles. The molecule has 0 saturated carbocycles. The van der Waals surface area contributed by atoms with Gasteiger partial charge in [-0.1, -0.05) is 18.2 Å². The Hall–Kier alpha value is -2.74. The normalized spacial score (nSPS) is 17.2. The summed E-state index contributed by atoms with van der Waals surface area (Å²) in [6, 6.07) is -1.66. The predicted octanol–water partition coefficient (Wildman–Crippen LogP) is 1.83. The zero-order chi connectivity index (χ0) is 18.1. The molecule has 0 bridgehead atoms. The van der Waals surface area contributed by atoms with Crippen LogP contribution < -0.4 is 16.4 Å². The molecule has 0 fully saturated rings. The molecule has 8 nitrogen and oxygen atoms in total. The molecule has 0 aromatic rings. The number of nitrogens with one attached hydrogen (secondary N) is 2. The number of amides is 2. The number of aliphatic carboxylic acids is 1. The molecular weight excluding hydrogens is 326 g/mol. The lowest BCUT2D eigenvalue weighted by atomic mass is 10.0. The van der Waals surface area contributed by atoms with Crippen molar-refractivity contribution in [1.82, 2.24) is 10.6 Å². The van der Waals surface area contributed by atoms with Gasteiger partial charge in [0.15, 0.2) is 12.0 Å². The van der Waals surface area contributed by atoms with Crippen molar-refractivity contribution in [2.75, 3.05) is 6.54 Å². The Morgan fingerprint density at radius 1 is 1.32 bits per heavy atom. The summed E-state index contributed by atoms with van der Waals surface area (Å²) < 4.78 is 10.8. The van der Waals surface area contributed by atoms with Gasteiger partial charge < -0.3 is 25.6 Å². The highest BCUT2D eigenvalue weighted by atomic mass is 16.6. The third-order valence-electron chi connectivity index (χ3n) is 3.69. The Kier molecular flexibility index (Phi) is 7.09. The highest BCUT2D eigenvalue weighted by Crippen LogP contribution is 2.25. The minimum absolute atomic E-state index is 0.0940. The smallest absolute Gasteiger partial charge is 0.326 e. The van der Waals surface area contributed by atoms with Gasteiger partial charge in [-0.15, -0.1) is 0 Å². The third-order valence-corrected chi connectivity index (χ3v) is 3.69. The van der Waals surface area contributed by atoms with E-state index in [4.69, 9.17) is 15.2 Å². The molecule has 2 aliphatic rings. The zero-order valence-electron chi connectivity index (χ0n) is 13.9. The quantitative estimate of drug-likeness (QED) is 0.496. The van der Waals surface area contributed by atoms with Gasteiger partial charge in [0, 0.05) is 0 Å². The number of allylic oxidation sites excluding steroid dienone is 4. The van der Waals surface area contributed by atoms with Gasteiger partial charge in [0.05, 0.1) is 0 Å². The maximum absolute atomic E-state index is 12.0. The summed E-state index contributed by atoms with van der Waals surface area (Å²) in [5.74, 6) is -0.488. The molecule has 2 rings (SSSR count). The number of hydrogen-bond acceptors (Lipinski definition) is 5. The van der Waals surface area contributed by atoms with Crippen molar-refractivity contribution in [2.45, 2.75) is 38.1 Å².